The van der Waals surface area contributed by atoms with E-state index in [0.29, 0.717) is 17.0 Å². The fourth-order valence-corrected chi connectivity index (χ4v) is 7.13. The van der Waals surface area contributed by atoms with Gasteiger partial charge in [0.2, 0.25) is 0 Å². The smallest absolute Gasteiger partial charge is 0.159 e. The Bertz CT molecular complexity index is 1210. The molecule has 3 saturated carbocycles. The van der Waals surface area contributed by atoms with Crippen LogP contribution in [0.5, 0.6) is 0 Å². The number of hydrogen-bond donors (Lipinski definition) is 1. The molecule has 3 aliphatic carbocycles. The molecule has 182 valence electrons. The van der Waals surface area contributed by atoms with Crippen LogP contribution in [0, 0.1) is 19.3 Å². The van der Waals surface area contributed by atoms with Gasteiger partial charge in [0.05, 0.1) is 23.0 Å². The van der Waals surface area contributed by atoms with Gasteiger partial charge in [0, 0.05) is 61.6 Å². The van der Waals surface area contributed by atoms with Gasteiger partial charge in [-0.2, -0.15) is 10.2 Å². The van der Waals surface area contributed by atoms with E-state index in [0.717, 1.165) is 42.8 Å². The summed E-state index contributed by atoms with van der Waals surface area (Å²) in [6, 6.07) is 2.79. The Morgan fingerprint density at radius 2 is 1.82 bits per heavy atom. The first-order valence-electron chi connectivity index (χ1n) is 13.1. The number of hydrogen-bond acceptors (Lipinski definition) is 5. The third-order valence-corrected chi connectivity index (χ3v) is 8.97. The lowest BCUT2D eigenvalue weighted by atomic mass is 9.57. The molecule has 0 saturated heterocycles. The largest absolute Gasteiger partial charge is 0.366 e. The summed E-state index contributed by atoms with van der Waals surface area (Å²) in [5, 5.41) is 14.7. The summed E-state index contributed by atoms with van der Waals surface area (Å²) in [4.78, 5) is 7.22. The topological polar surface area (TPSA) is 63.8 Å². The van der Waals surface area contributed by atoms with E-state index < -0.39 is 0 Å². The van der Waals surface area contributed by atoms with Crippen molar-refractivity contribution in [3.63, 3.8) is 0 Å². The maximum absolute atomic E-state index is 5.12. The Hall–Kier alpha value is -2.41. The average molecular weight is 462 g/mol. The maximum atomic E-state index is 5.12. The normalized spacial score (nSPS) is 26.6. The van der Waals surface area contributed by atoms with Crippen molar-refractivity contribution in [3.05, 3.63) is 34.9 Å². The van der Waals surface area contributed by atoms with Gasteiger partial charge < -0.3 is 10.2 Å². The van der Waals surface area contributed by atoms with Gasteiger partial charge in [-0.1, -0.05) is 13.8 Å². The Morgan fingerprint density at radius 3 is 2.53 bits per heavy atom. The molecule has 3 aromatic heterocycles. The third kappa shape index (κ3) is 3.55. The van der Waals surface area contributed by atoms with Gasteiger partial charge in [-0.3, -0.25) is 9.36 Å². The molecule has 3 aromatic rings. The van der Waals surface area contributed by atoms with Crippen molar-refractivity contribution in [2.24, 2.45) is 12.5 Å². The third-order valence-electron chi connectivity index (χ3n) is 8.97. The van der Waals surface area contributed by atoms with Gasteiger partial charge in [0.25, 0.3) is 0 Å². The minimum atomic E-state index is 0.399. The standard InChI is InChI=1S/C27H39N7/c1-18(2)30-27-10-7-26(8-11-27,9-12-27)17-34-23-6-13-33(16-22(23)20(4)31-34)24-14-19(3)29-25-21(24)15-28-32(25)5/h14-15,18,30H,6-13,16-17H2,1-5H3. The summed E-state index contributed by atoms with van der Waals surface area (Å²) in [7, 11) is 1.97. The van der Waals surface area contributed by atoms with E-state index in [-0.39, 0.29) is 0 Å². The highest BCUT2D eigenvalue weighted by Gasteiger charge is 2.49. The van der Waals surface area contributed by atoms with Crippen LogP contribution in [0.25, 0.3) is 11.0 Å². The molecule has 0 spiro atoms. The van der Waals surface area contributed by atoms with Gasteiger partial charge in [-0.05, 0) is 63.9 Å². The van der Waals surface area contributed by atoms with Gasteiger partial charge in [-0.25, -0.2) is 4.98 Å². The molecule has 0 radical (unpaired) electrons. The van der Waals surface area contributed by atoms with E-state index in [1.54, 1.807) is 0 Å². The van der Waals surface area contributed by atoms with Crippen LogP contribution >= 0.6 is 0 Å². The van der Waals surface area contributed by atoms with Crippen LogP contribution in [0.15, 0.2) is 12.3 Å². The first-order valence-corrected chi connectivity index (χ1v) is 13.1. The first-order chi connectivity index (χ1) is 16.3. The number of aromatic nitrogens is 5. The van der Waals surface area contributed by atoms with Crippen LogP contribution in [-0.4, -0.2) is 42.7 Å². The van der Waals surface area contributed by atoms with Crippen LogP contribution in [0.4, 0.5) is 5.69 Å². The fraction of sp³-hybridized carbons (Fsp3) is 0.667. The highest BCUT2D eigenvalue weighted by Crippen LogP contribution is 2.53. The summed E-state index contributed by atoms with van der Waals surface area (Å²) in [5.41, 5.74) is 8.19. The number of nitrogens with one attached hydrogen (secondary N) is 1. The lowest BCUT2D eigenvalue weighted by Gasteiger charge is -2.54. The van der Waals surface area contributed by atoms with Crippen LogP contribution in [0.3, 0.4) is 0 Å². The second kappa shape index (κ2) is 7.80. The van der Waals surface area contributed by atoms with Crippen molar-refractivity contribution in [2.45, 2.75) is 97.3 Å². The Labute approximate surface area is 202 Å². The van der Waals surface area contributed by atoms with Crippen molar-refractivity contribution in [2.75, 3.05) is 11.4 Å². The summed E-state index contributed by atoms with van der Waals surface area (Å²) >= 11 is 0. The van der Waals surface area contributed by atoms with Crippen molar-refractivity contribution in [3.8, 4) is 0 Å². The molecule has 4 aliphatic rings. The number of nitrogens with zero attached hydrogens (tertiary/aromatic N) is 6. The highest BCUT2D eigenvalue weighted by molar-refractivity contribution is 5.89. The molecule has 1 N–H and O–H groups in total. The Morgan fingerprint density at radius 1 is 1.09 bits per heavy atom. The van der Waals surface area contributed by atoms with Gasteiger partial charge in [0.15, 0.2) is 5.65 Å². The highest BCUT2D eigenvalue weighted by atomic mass is 15.3. The summed E-state index contributed by atoms with van der Waals surface area (Å²) in [6.45, 7) is 11.9. The second-order valence-electron chi connectivity index (χ2n) is 11.7. The van der Waals surface area contributed by atoms with E-state index in [1.165, 1.54) is 61.2 Å². The van der Waals surface area contributed by atoms with Gasteiger partial charge >= 0.3 is 0 Å². The van der Waals surface area contributed by atoms with Gasteiger partial charge in [-0.15, -0.1) is 0 Å². The molecule has 7 rings (SSSR count). The molecule has 34 heavy (non-hydrogen) atoms. The Kier molecular flexibility index (Phi) is 5.07. The van der Waals surface area contributed by atoms with Crippen LogP contribution in [0.2, 0.25) is 0 Å². The van der Waals surface area contributed by atoms with Crippen molar-refractivity contribution < 1.29 is 0 Å². The minimum absolute atomic E-state index is 0.399. The number of pyridine rings is 1. The fourth-order valence-electron chi connectivity index (χ4n) is 7.13. The molecule has 3 fully saturated rings. The number of rotatable bonds is 5. The van der Waals surface area contributed by atoms with Crippen molar-refractivity contribution in [1.82, 2.24) is 29.9 Å². The van der Waals surface area contributed by atoms with E-state index in [2.05, 4.69) is 53.8 Å². The molecule has 0 amide bonds. The molecule has 2 bridgehead atoms. The quantitative estimate of drug-likeness (QED) is 0.609. The second-order valence-corrected chi connectivity index (χ2v) is 11.7. The molecule has 0 aromatic carbocycles. The number of aryl methyl sites for hydroxylation is 3. The van der Waals surface area contributed by atoms with Gasteiger partial charge in [0.1, 0.15) is 0 Å². The predicted octanol–water partition coefficient (Wildman–Crippen LogP) is 4.44. The average Bonchev–Trinajstić information content (AvgIpc) is 3.33. The number of anilines is 1. The molecule has 1 aliphatic heterocycles. The summed E-state index contributed by atoms with van der Waals surface area (Å²) in [6.07, 6.45) is 11.0. The van der Waals surface area contributed by atoms with E-state index in [4.69, 9.17) is 10.1 Å². The first kappa shape index (κ1) is 22.1. The van der Waals surface area contributed by atoms with Crippen molar-refractivity contribution in [1.29, 1.82) is 0 Å². The molecule has 7 heteroatoms. The molecule has 0 unspecified atom stereocenters. The lowest BCUT2D eigenvalue weighted by molar-refractivity contribution is 0.00384. The van der Waals surface area contributed by atoms with E-state index in [1.807, 2.05) is 17.9 Å². The number of fused-ring (bicyclic) bond motifs is 5. The summed E-state index contributed by atoms with van der Waals surface area (Å²) < 4.78 is 4.29. The lowest BCUT2D eigenvalue weighted by Crippen LogP contribution is -2.57. The maximum Gasteiger partial charge on any atom is 0.159 e. The summed E-state index contributed by atoms with van der Waals surface area (Å²) in [5.74, 6) is 0. The molecule has 7 nitrogen and oxygen atoms in total. The van der Waals surface area contributed by atoms with E-state index >= 15 is 0 Å². The molecule has 0 atom stereocenters. The zero-order valence-corrected chi connectivity index (χ0v) is 21.5. The van der Waals surface area contributed by atoms with E-state index in [9.17, 15) is 0 Å². The van der Waals surface area contributed by atoms with Crippen LogP contribution < -0.4 is 10.2 Å². The molecular formula is C27H39N7. The molecule has 4 heterocycles. The predicted molar refractivity (Wildman–Crippen MR) is 136 cm³/mol. The van der Waals surface area contributed by atoms with Crippen LogP contribution in [0.1, 0.15) is 75.0 Å². The zero-order chi connectivity index (χ0) is 23.7. The SMILES string of the molecule is Cc1cc(N2CCc3c(c(C)nn3CC34CCC(NC(C)C)(CC3)CC4)C2)c2cnn(C)c2n1. The van der Waals surface area contributed by atoms with Crippen LogP contribution in [-0.2, 0) is 26.6 Å². The Balaban J connectivity index is 1.24. The molecular weight excluding hydrogens is 422 g/mol. The zero-order valence-electron chi connectivity index (χ0n) is 21.5. The van der Waals surface area contributed by atoms with Crippen molar-refractivity contribution >= 4 is 16.7 Å². The monoisotopic (exact) mass is 461 g/mol. The minimum Gasteiger partial charge on any atom is -0.366 e.